The van der Waals surface area contributed by atoms with Crippen LogP contribution in [0.15, 0.2) is 30.7 Å². The Kier molecular flexibility index (Phi) is 5.25. The Morgan fingerprint density at radius 3 is 2.75 bits per heavy atom. The largest absolute Gasteiger partial charge is 0.475 e. The number of amides is 1. The predicted molar refractivity (Wildman–Crippen MR) is 91.5 cm³/mol. The molecule has 0 saturated heterocycles. The maximum absolute atomic E-state index is 14.1. The van der Waals surface area contributed by atoms with Gasteiger partial charge in [0.25, 0.3) is 0 Å². The van der Waals surface area contributed by atoms with Crippen LogP contribution < -0.4 is 10.5 Å². The van der Waals surface area contributed by atoms with Gasteiger partial charge < -0.3 is 15.5 Å². The second-order valence-corrected chi connectivity index (χ2v) is 5.66. The fraction of sp³-hybridized carbons (Fsp3) is 0.176. The van der Waals surface area contributed by atoms with Gasteiger partial charge >= 0.3 is 6.18 Å². The molecular formula is C17H13F4N5O2. The van der Waals surface area contributed by atoms with Crippen LogP contribution in [0, 0.1) is 5.82 Å². The van der Waals surface area contributed by atoms with E-state index >= 15 is 0 Å². The summed E-state index contributed by atoms with van der Waals surface area (Å²) in [5, 5.41) is 0. The van der Waals surface area contributed by atoms with Crippen molar-refractivity contribution < 1.29 is 27.1 Å². The first kappa shape index (κ1) is 19.3. The van der Waals surface area contributed by atoms with Crippen LogP contribution in [0.5, 0.6) is 5.88 Å². The Labute approximate surface area is 155 Å². The van der Waals surface area contributed by atoms with E-state index in [0.29, 0.717) is 16.7 Å². The topological polar surface area (TPSA) is 107 Å². The standard InChI is InChI=1S/C17H13F4N5O2/c18-11-5-10(7-25-16(11)28-4-3-17(19,20)21)12-8-24-15-14(26-12)9(6-23-15)1-2-13(22)27/h1-2,5-8H,3-4H2,(H2,22,27)(H,23,24)/b2-1+. The van der Waals surface area contributed by atoms with Crippen LogP contribution in [0.25, 0.3) is 28.5 Å². The number of hydrogen-bond acceptors (Lipinski definition) is 5. The Morgan fingerprint density at radius 1 is 1.29 bits per heavy atom. The van der Waals surface area contributed by atoms with Crippen molar-refractivity contribution in [1.29, 1.82) is 0 Å². The Balaban J connectivity index is 1.85. The molecule has 3 aromatic rings. The number of carbonyl (C=O) groups is 1. The number of rotatable bonds is 6. The SMILES string of the molecule is NC(=O)/C=C/c1c[nH]c2ncc(-c3cnc(OCCC(F)(F)F)c(F)c3)nc12. The third kappa shape index (κ3) is 4.61. The van der Waals surface area contributed by atoms with Gasteiger partial charge in [0.05, 0.1) is 24.9 Å². The normalized spacial score (nSPS) is 12.0. The quantitative estimate of drug-likeness (QED) is 0.493. The van der Waals surface area contributed by atoms with Crippen molar-refractivity contribution in [2.45, 2.75) is 12.6 Å². The first-order chi connectivity index (χ1) is 13.2. The van der Waals surface area contributed by atoms with Crippen molar-refractivity contribution in [2.75, 3.05) is 6.61 Å². The van der Waals surface area contributed by atoms with Gasteiger partial charge in [-0.05, 0) is 12.1 Å². The summed E-state index contributed by atoms with van der Waals surface area (Å²) in [7, 11) is 0. The molecule has 3 rings (SSSR count). The van der Waals surface area contributed by atoms with Crippen molar-refractivity contribution >= 4 is 23.1 Å². The second-order valence-electron chi connectivity index (χ2n) is 5.66. The summed E-state index contributed by atoms with van der Waals surface area (Å²) in [6, 6.07) is 1.04. The average molecular weight is 395 g/mol. The van der Waals surface area contributed by atoms with Crippen LogP contribution in [0.1, 0.15) is 12.0 Å². The molecule has 11 heteroatoms. The number of fused-ring (bicyclic) bond motifs is 1. The average Bonchev–Trinajstić information content (AvgIpc) is 3.02. The molecule has 0 aromatic carbocycles. The number of pyridine rings is 1. The van der Waals surface area contributed by atoms with Crippen molar-refractivity contribution in [1.82, 2.24) is 19.9 Å². The first-order valence-electron chi connectivity index (χ1n) is 7.90. The molecular weight excluding hydrogens is 382 g/mol. The molecule has 0 saturated carbocycles. The van der Waals surface area contributed by atoms with E-state index in [0.717, 1.165) is 12.1 Å². The van der Waals surface area contributed by atoms with Crippen LogP contribution in [0.4, 0.5) is 17.6 Å². The van der Waals surface area contributed by atoms with E-state index in [-0.39, 0.29) is 11.3 Å². The third-order valence-corrected chi connectivity index (χ3v) is 3.56. The number of aromatic nitrogens is 4. The minimum absolute atomic E-state index is 0.251. The number of H-pyrrole nitrogens is 1. The number of carbonyl (C=O) groups excluding carboxylic acids is 1. The van der Waals surface area contributed by atoms with Crippen LogP contribution in [-0.2, 0) is 4.79 Å². The van der Waals surface area contributed by atoms with Crippen LogP contribution in [0.3, 0.4) is 0 Å². The molecule has 0 aliphatic rings. The monoisotopic (exact) mass is 395 g/mol. The lowest BCUT2D eigenvalue weighted by molar-refractivity contribution is -0.139. The fourth-order valence-corrected chi connectivity index (χ4v) is 2.28. The minimum atomic E-state index is -4.40. The van der Waals surface area contributed by atoms with Gasteiger partial charge in [0, 0.05) is 29.6 Å². The number of nitrogens with two attached hydrogens (primary N) is 1. The molecule has 0 unspecified atom stereocenters. The van der Waals surface area contributed by atoms with E-state index in [1.54, 1.807) is 6.20 Å². The summed E-state index contributed by atoms with van der Waals surface area (Å²) in [6.45, 7) is -0.739. The molecule has 0 aliphatic carbocycles. The zero-order valence-electron chi connectivity index (χ0n) is 14.1. The Hall–Kier alpha value is -3.50. The molecule has 0 atom stereocenters. The maximum Gasteiger partial charge on any atom is 0.392 e. The van der Waals surface area contributed by atoms with Crippen LogP contribution >= 0.6 is 0 Å². The molecule has 28 heavy (non-hydrogen) atoms. The molecule has 0 spiro atoms. The van der Waals surface area contributed by atoms with Gasteiger partial charge in [-0.1, -0.05) is 0 Å². The third-order valence-electron chi connectivity index (χ3n) is 3.56. The van der Waals surface area contributed by atoms with Gasteiger partial charge in [-0.2, -0.15) is 13.2 Å². The number of aromatic amines is 1. The number of alkyl halides is 3. The molecule has 0 bridgehead atoms. The summed E-state index contributed by atoms with van der Waals surface area (Å²) in [5.74, 6) is -2.09. The molecule has 0 aliphatic heterocycles. The number of primary amides is 1. The summed E-state index contributed by atoms with van der Waals surface area (Å²) in [5.41, 5.74) is 6.99. The van der Waals surface area contributed by atoms with Crippen LogP contribution in [0.2, 0.25) is 0 Å². The Morgan fingerprint density at radius 2 is 2.07 bits per heavy atom. The lowest BCUT2D eigenvalue weighted by Gasteiger charge is -2.09. The van der Waals surface area contributed by atoms with Crippen molar-refractivity contribution in [2.24, 2.45) is 5.73 Å². The zero-order valence-corrected chi connectivity index (χ0v) is 14.1. The lowest BCUT2D eigenvalue weighted by atomic mass is 10.2. The minimum Gasteiger partial charge on any atom is -0.475 e. The molecule has 0 radical (unpaired) electrons. The van der Waals surface area contributed by atoms with E-state index in [2.05, 4.69) is 19.9 Å². The highest BCUT2D eigenvalue weighted by Crippen LogP contribution is 2.25. The van der Waals surface area contributed by atoms with Crippen LogP contribution in [-0.4, -0.2) is 38.6 Å². The van der Waals surface area contributed by atoms with Crippen molar-refractivity contribution in [3.8, 4) is 17.1 Å². The lowest BCUT2D eigenvalue weighted by Crippen LogP contribution is -2.13. The fourth-order valence-electron chi connectivity index (χ4n) is 2.28. The van der Waals surface area contributed by atoms with E-state index in [4.69, 9.17) is 10.5 Å². The van der Waals surface area contributed by atoms with Crippen molar-refractivity contribution in [3.63, 3.8) is 0 Å². The van der Waals surface area contributed by atoms with Gasteiger partial charge in [0.1, 0.15) is 5.52 Å². The first-order valence-corrected chi connectivity index (χ1v) is 7.90. The van der Waals surface area contributed by atoms with E-state index in [1.807, 2.05) is 0 Å². The molecule has 1 amide bonds. The smallest absolute Gasteiger partial charge is 0.392 e. The number of hydrogen-bond donors (Lipinski definition) is 2. The summed E-state index contributed by atoms with van der Waals surface area (Å²) < 4.78 is 55.3. The summed E-state index contributed by atoms with van der Waals surface area (Å²) in [6.07, 6.45) is 1.16. The van der Waals surface area contributed by atoms with Gasteiger partial charge in [0.15, 0.2) is 11.5 Å². The highest BCUT2D eigenvalue weighted by atomic mass is 19.4. The Bertz CT molecular complexity index is 1050. The number of nitrogens with one attached hydrogen (secondary N) is 1. The summed E-state index contributed by atoms with van der Waals surface area (Å²) >= 11 is 0. The number of ether oxygens (including phenoxy) is 1. The molecule has 0 fully saturated rings. The van der Waals surface area contributed by atoms with Gasteiger partial charge in [-0.3, -0.25) is 4.79 Å². The van der Waals surface area contributed by atoms with E-state index < -0.39 is 36.8 Å². The molecule has 3 heterocycles. The predicted octanol–water partition coefficient (Wildman–Crippen LogP) is 2.99. The second kappa shape index (κ2) is 7.62. The van der Waals surface area contributed by atoms with E-state index in [9.17, 15) is 22.4 Å². The number of nitrogens with zero attached hydrogens (tertiary/aromatic N) is 3. The zero-order chi connectivity index (χ0) is 20.3. The van der Waals surface area contributed by atoms with Gasteiger partial charge in [-0.25, -0.2) is 19.3 Å². The highest BCUT2D eigenvalue weighted by molar-refractivity contribution is 5.93. The van der Waals surface area contributed by atoms with Gasteiger partial charge in [0.2, 0.25) is 11.8 Å². The van der Waals surface area contributed by atoms with E-state index in [1.165, 1.54) is 18.5 Å². The number of halogens is 4. The van der Waals surface area contributed by atoms with Gasteiger partial charge in [-0.15, -0.1) is 0 Å². The highest BCUT2D eigenvalue weighted by Gasteiger charge is 2.27. The molecule has 7 nitrogen and oxygen atoms in total. The molecule has 146 valence electrons. The summed E-state index contributed by atoms with van der Waals surface area (Å²) in [4.78, 5) is 26.0. The molecule has 3 N–H and O–H groups in total. The molecule has 3 aromatic heterocycles. The van der Waals surface area contributed by atoms with Crippen molar-refractivity contribution in [3.05, 3.63) is 42.1 Å². The maximum atomic E-state index is 14.1.